The lowest BCUT2D eigenvalue weighted by Gasteiger charge is -2.44. The van der Waals surface area contributed by atoms with Gasteiger partial charge in [-0.1, -0.05) is 35.9 Å². The van der Waals surface area contributed by atoms with Crippen molar-refractivity contribution < 1.29 is 22.7 Å². The molecule has 1 unspecified atom stereocenters. The number of ether oxygens (including phenoxy) is 1. The molecule has 7 heterocycles. The number of piperidine rings is 3. The van der Waals surface area contributed by atoms with Crippen LogP contribution in [0.5, 0.6) is 5.75 Å². The van der Waals surface area contributed by atoms with Crippen molar-refractivity contribution in [2.24, 2.45) is 0 Å². The Morgan fingerprint density at radius 3 is 2.42 bits per heavy atom. The van der Waals surface area contributed by atoms with Crippen molar-refractivity contribution in [3.8, 4) is 5.75 Å². The van der Waals surface area contributed by atoms with Crippen LogP contribution >= 0.6 is 11.6 Å². The highest BCUT2D eigenvalue weighted by molar-refractivity contribution is 7.89. The van der Waals surface area contributed by atoms with Crippen LogP contribution in [0.1, 0.15) is 68.4 Å². The number of nitrogens with one attached hydrogen (secondary N) is 3. The fourth-order valence-corrected chi connectivity index (χ4v) is 11.7. The summed E-state index contributed by atoms with van der Waals surface area (Å²) in [6, 6.07) is 21.3. The second kappa shape index (κ2) is 18.5. The largest absolute Gasteiger partial charge is 0.491 e. The number of rotatable bonds is 12. The van der Waals surface area contributed by atoms with Crippen LogP contribution < -0.4 is 30.5 Å². The maximum absolute atomic E-state index is 12.5. The highest BCUT2D eigenvalue weighted by Crippen LogP contribution is 2.42. The zero-order valence-electron chi connectivity index (χ0n) is 36.8. The van der Waals surface area contributed by atoms with E-state index in [1.807, 2.05) is 18.2 Å². The van der Waals surface area contributed by atoms with E-state index in [2.05, 4.69) is 75.8 Å². The molecule has 2 amide bonds. The van der Waals surface area contributed by atoms with Gasteiger partial charge in [-0.3, -0.25) is 19.8 Å². The van der Waals surface area contributed by atoms with E-state index in [0.29, 0.717) is 59.5 Å². The molecular weight excluding hydrogens is 864 g/mol. The molecule has 0 spiro atoms. The summed E-state index contributed by atoms with van der Waals surface area (Å²) in [5.41, 5.74) is 6.60. The number of carbonyl (C=O) groups is 2. The summed E-state index contributed by atoms with van der Waals surface area (Å²) < 4.78 is 32.5. The first-order valence-corrected chi connectivity index (χ1v) is 25.3. The molecule has 5 aliphatic heterocycles. The number of benzene rings is 3. The topological polar surface area (TPSA) is 157 Å². The van der Waals surface area contributed by atoms with Gasteiger partial charge in [0.15, 0.2) is 5.82 Å². The molecule has 17 heteroatoms. The van der Waals surface area contributed by atoms with Gasteiger partial charge < -0.3 is 30.1 Å². The maximum atomic E-state index is 12.5. The summed E-state index contributed by atoms with van der Waals surface area (Å²) in [5.74, 6) is 1.11. The number of amides is 2. The van der Waals surface area contributed by atoms with Gasteiger partial charge in [0.1, 0.15) is 10.8 Å². The molecule has 4 saturated heterocycles. The minimum absolute atomic E-state index is 0.0353. The molecular formula is C48H57ClN10O5S. The third-order valence-corrected chi connectivity index (χ3v) is 15.4. The number of nitrogens with zero attached hydrogens (tertiary/aromatic N) is 7. The zero-order valence-corrected chi connectivity index (χ0v) is 38.4. The first-order chi connectivity index (χ1) is 31.5. The SMILES string of the molecule is CS(=O)(=O)n1ccc2cccc(Nc3nc(Nc4ccc(N5CCC(N6CCN(CCC7CCCCN7c7ccc(C8CC(=O)NC(=O)C8)cc7)CC6)CC5)c5c4OCC5)ncc3Cl)c21. The van der Waals surface area contributed by atoms with Crippen LogP contribution in [0.2, 0.25) is 5.02 Å². The molecule has 1 atom stereocenters. The standard InChI is InChI=1S/C48H57ClN10O5S/c1-65(62,63)59-23-14-33-5-4-7-40(45(33)59)51-47-39(49)31-50-48(54-47)52-41-12-13-42(38-18-28-64-46(38)41)57-21-16-35(17-22-57)56-26-24-55(25-27-56)20-15-36-6-2-3-19-58(36)37-10-8-32(9-11-37)34-29-43(60)53-44(61)30-34/h4-5,7-14,23,31,34-36H,2-3,6,15-22,24-30H2,1H3,(H,53,60,61)(H2,50,51,52,54). The van der Waals surface area contributed by atoms with Gasteiger partial charge in [-0.25, -0.2) is 17.4 Å². The molecule has 4 fully saturated rings. The molecule has 0 bridgehead atoms. The Balaban J connectivity index is 0.718. The van der Waals surface area contributed by atoms with Gasteiger partial charge in [0, 0.05) is 118 Å². The smallest absolute Gasteiger partial charge is 0.236 e. The van der Waals surface area contributed by atoms with Crippen LogP contribution in [0.3, 0.4) is 0 Å². The van der Waals surface area contributed by atoms with Gasteiger partial charge >= 0.3 is 0 Å². The van der Waals surface area contributed by atoms with E-state index in [0.717, 1.165) is 100 Å². The van der Waals surface area contributed by atoms with Crippen LogP contribution in [-0.2, 0) is 26.0 Å². The predicted octanol–water partition coefficient (Wildman–Crippen LogP) is 6.87. The van der Waals surface area contributed by atoms with Gasteiger partial charge in [-0.05, 0) is 80.5 Å². The normalized spacial score (nSPS) is 20.5. The van der Waals surface area contributed by atoms with E-state index >= 15 is 0 Å². The number of aromatic nitrogens is 3. The van der Waals surface area contributed by atoms with Crippen molar-refractivity contribution in [2.45, 2.75) is 75.8 Å². The van der Waals surface area contributed by atoms with Crippen LogP contribution in [0.4, 0.5) is 34.5 Å². The lowest BCUT2D eigenvalue weighted by Crippen LogP contribution is -2.53. The monoisotopic (exact) mass is 920 g/mol. The maximum Gasteiger partial charge on any atom is 0.236 e. The van der Waals surface area contributed by atoms with Crippen molar-refractivity contribution in [3.05, 3.63) is 89.2 Å². The van der Waals surface area contributed by atoms with Crippen molar-refractivity contribution in [1.29, 1.82) is 0 Å². The van der Waals surface area contributed by atoms with Crippen LogP contribution in [0.25, 0.3) is 10.9 Å². The van der Waals surface area contributed by atoms with E-state index in [1.165, 1.54) is 52.6 Å². The number of imide groups is 1. The van der Waals surface area contributed by atoms with Crippen LogP contribution in [0.15, 0.2) is 73.1 Å². The quantitative estimate of drug-likeness (QED) is 0.112. The lowest BCUT2D eigenvalue weighted by molar-refractivity contribution is -0.133. The average molecular weight is 922 g/mol. The third kappa shape index (κ3) is 9.36. The second-order valence-electron chi connectivity index (χ2n) is 18.2. The fourth-order valence-electron chi connectivity index (χ4n) is 10.7. The highest BCUT2D eigenvalue weighted by Gasteiger charge is 2.32. The molecule has 2 aromatic heterocycles. The molecule has 15 nitrogen and oxygen atoms in total. The summed E-state index contributed by atoms with van der Waals surface area (Å²) in [4.78, 5) is 43.6. The second-order valence-corrected chi connectivity index (χ2v) is 20.5. The number of hydrogen-bond donors (Lipinski definition) is 3. The highest BCUT2D eigenvalue weighted by atomic mass is 35.5. The molecule has 3 aromatic carbocycles. The number of halogens is 1. The molecule has 3 N–H and O–H groups in total. The van der Waals surface area contributed by atoms with Gasteiger partial charge in [0.05, 0.1) is 36.0 Å². The Bertz CT molecular complexity index is 2660. The number of para-hydroxylation sites is 1. The summed E-state index contributed by atoms with van der Waals surface area (Å²) >= 11 is 6.57. The summed E-state index contributed by atoms with van der Waals surface area (Å²) in [6.45, 7) is 9.24. The number of anilines is 6. The van der Waals surface area contributed by atoms with Gasteiger partial charge in [0.2, 0.25) is 27.8 Å². The first-order valence-electron chi connectivity index (χ1n) is 23.1. The minimum atomic E-state index is -3.54. The number of hydrogen-bond acceptors (Lipinski definition) is 13. The number of piperazine rings is 1. The van der Waals surface area contributed by atoms with E-state index < -0.39 is 10.0 Å². The summed E-state index contributed by atoms with van der Waals surface area (Å²) in [6.07, 6.45) is 12.9. The van der Waals surface area contributed by atoms with Crippen molar-refractivity contribution >= 4 is 78.9 Å². The van der Waals surface area contributed by atoms with Crippen molar-refractivity contribution in [3.63, 3.8) is 0 Å². The van der Waals surface area contributed by atoms with E-state index in [9.17, 15) is 18.0 Å². The molecule has 0 radical (unpaired) electrons. The number of carbonyl (C=O) groups excluding carboxylic acids is 2. The lowest BCUT2D eigenvalue weighted by atomic mass is 9.89. The average Bonchev–Trinajstić information content (AvgIpc) is 4.00. The Kier molecular flexibility index (Phi) is 12.3. The van der Waals surface area contributed by atoms with Crippen LogP contribution in [-0.4, -0.2) is 121 Å². The molecule has 5 aromatic rings. The van der Waals surface area contributed by atoms with Gasteiger partial charge in [0.25, 0.3) is 0 Å². The summed E-state index contributed by atoms with van der Waals surface area (Å²) in [5, 5.41) is 10.1. The molecule has 5 aliphatic rings. The third-order valence-electron chi connectivity index (χ3n) is 14.1. The molecule has 0 saturated carbocycles. The zero-order chi connectivity index (χ0) is 44.7. The van der Waals surface area contributed by atoms with Crippen LogP contribution in [0, 0.1) is 0 Å². The predicted molar refractivity (Wildman–Crippen MR) is 256 cm³/mol. The minimum Gasteiger partial charge on any atom is -0.491 e. The molecule has 342 valence electrons. The van der Waals surface area contributed by atoms with E-state index in [-0.39, 0.29) is 17.7 Å². The Labute approximate surface area is 385 Å². The van der Waals surface area contributed by atoms with E-state index in [1.54, 1.807) is 18.3 Å². The molecule has 10 rings (SSSR count). The van der Waals surface area contributed by atoms with Crippen molar-refractivity contribution in [1.82, 2.24) is 29.1 Å². The number of fused-ring (bicyclic) bond motifs is 2. The molecule has 0 aliphatic carbocycles. The van der Waals surface area contributed by atoms with E-state index in [4.69, 9.17) is 16.3 Å². The van der Waals surface area contributed by atoms with Gasteiger partial charge in [-0.15, -0.1) is 0 Å². The Morgan fingerprint density at radius 1 is 0.862 bits per heavy atom. The summed E-state index contributed by atoms with van der Waals surface area (Å²) in [7, 11) is -3.54. The Morgan fingerprint density at radius 2 is 1.65 bits per heavy atom. The Hall–Kier alpha value is -5.42. The fraction of sp³-hybridized carbons (Fsp3) is 0.458. The first kappa shape index (κ1) is 43.5. The van der Waals surface area contributed by atoms with Crippen molar-refractivity contribution in [2.75, 3.05) is 85.7 Å². The molecule has 65 heavy (non-hydrogen) atoms. The van der Waals surface area contributed by atoms with Gasteiger partial charge in [-0.2, -0.15) is 4.98 Å².